The van der Waals surface area contributed by atoms with Crippen molar-refractivity contribution in [2.24, 2.45) is 10.9 Å². The van der Waals surface area contributed by atoms with Crippen LogP contribution in [0.3, 0.4) is 0 Å². The highest BCUT2D eigenvalue weighted by molar-refractivity contribution is 7.89. The predicted molar refractivity (Wildman–Crippen MR) is 73.9 cm³/mol. The van der Waals surface area contributed by atoms with Crippen LogP contribution in [-0.4, -0.2) is 36.9 Å². The number of hydrogen-bond donors (Lipinski definition) is 2. The van der Waals surface area contributed by atoms with Crippen LogP contribution in [0, 0.1) is 0 Å². The summed E-state index contributed by atoms with van der Waals surface area (Å²) in [6.07, 6.45) is 0.610. The number of nitrogens with zero attached hydrogens (tertiary/aromatic N) is 2. The van der Waals surface area contributed by atoms with E-state index in [0.29, 0.717) is 11.4 Å². The van der Waals surface area contributed by atoms with Gasteiger partial charge in [0.15, 0.2) is 5.84 Å². The van der Waals surface area contributed by atoms with Crippen molar-refractivity contribution in [2.75, 3.05) is 13.1 Å². The molecule has 19 heavy (non-hydrogen) atoms. The van der Waals surface area contributed by atoms with Gasteiger partial charge < -0.3 is 10.9 Å². The highest BCUT2D eigenvalue weighted by Gasteiger charge is 2.24. The fourth-order valence-electron chi connectivity index (χ4n) is 1.52. The minimum atomic E-state index is -3.71. The number of hydrogen-bond acceptors (Lipinski definition) is 4. The molecule has 0 atom stereocenters. The topological polar surface area (TPSA) is 96.0 Å². The first-order chi connectivity index (χ1) is 8.91. The van der Waals surface area contributed by atoms with Crippen LogP contribution in [0.4, 0.5) is 0 Å². The van der Waals surface area contributed by atoms with Gasteiger partial charge >= 0.3 is 0 Å². The molecular formula is C11H16ClN3O3S. The summed E-state index contributed by atoms with van der Waals surface area (Å²) < 4.78 is 25.9. The predicted octanol–water partition coefficient (Wildman–Crippen LogP) is 1.49. The minimum Gasteiger partial charge on any atom is -0.409 e. The van der Waals surface area contributed by atoms with Crippen molar-refractivity contribution in [3.05, 3.63) is 29.3 Å². The van der Waals surface area contributed by atoms with Gasteiger partial charge in [0.25, 0.3) is 0 Å². The quantitative estimate of drug-likeness (QED) is 0.360. The van der Waals surface area contributed by atoms with Crippen LogP contribution in [0.25, 0.3) is 0 Å². The zero-order valence-electron chi connectivity index (χ0n) is 10.5. The Bertz CT molecular complexity index is 560. The van der Waals surface area contributed by atoms with Crippen molar-refractivity contribution in [2.45, 2.75) is 18.2 Å². The van der Waals surface area contributed by atoms with Gasteiger partial charge in [0, 0.05) is 11.6 Å². The molecule has 0 radical (unpaired) electrons. The second-order valence-electron chi connectivity index (χ2n) is 3.89. The third-order valence-corrected chi connectivity index (χ3v) is 4.45. The first kappa shape index (κ1) is 15.7. The van der Waals surface area contributed by atoms with E-state index in [9.17, 15) is 8.42 Å². The van der Waals surface area contributed by atoms with Crippen molar-refractivity contribution in [1.29, 1.82) is 0 Å². The van der Waals surface area contributed by atoms with Crippen molar-refractivity contribution in [3.8, 4) is 0 Å². The van der Waals surface area contributed by atoms with E-state index in [4.69, 9.17) is 22.5 Å². The van der Waals surface area contributed by atoms with Crippen LogP contribution < -0.4 is 5.73 Å². The largest absolute Gasteiger partial charge is 0.409 e. The molecule has 0 fully saturated rings. The first-order valence-corrected chi connectivity index (χ1v) is 7.45. The lowest BCUT2D eigenvalue weighted by Gasteiger charge is -2.20. The Morgan fingerprint density at radius 3 is 2.74 bits per heavy atom. The Hall–Kier alpha value is -1.31. The lowest BCUT2D eigenvalue weighted by Crippen LogP contribution is -2.39. The maximum Gasteiger partial charge on any atom is 0.243 e. The molecule has 1 aromatic rings. The van der Waals surface area contributed by atoms with E-state index in [1.165, 1.54) is 12.1 Å². The maximum absolute atomic E-state index is 12.4. The Kier molecular flexibility index (Phi) is 5.59. The fraction of sp³-hybridized carbons (Fsp3) is 0.364. The van der Waals surface area contributed by atoms with Gasteiger partial charge in [-0.15, -0.1) is 0 Å². The molecule has 6 nitrogen and oxygen atoms in total. The fourth-order valence-corrected chi connectivity index (χ4v) is 3.33. The van der Waals surface area contributed by atoms with Gasteiger partial charge in [0.1, 0.15) is 0 Å². The lowest BCUT2D eigenvalue weighted by atomic mass is 10.4. The van der Waals surface area contributed by atoms with Crippen molar-refractivity contribution in [1.82, 2.24) is 4.31 Å². The first-order valence-electron chi connectivity index (χ1n) is 5.64. The standard InChI is InChI=1S/C11H16ClN3O3S/c1-2-6-15(8-11(13)14-16)19(17,18)10-5-3-4-9(12)7-10/h3-5,7,16H,2,6,8H2,1H3,(H2,13,14). The van der Waals surface area contributed by atoms with E-state index < -0.39 is 10.0 Å². The van der Waals surface area contributed by atoms with E-state index in [0.717, 1.165) is 4.31 Å². The molecule has 0 spiro atoms. The molecule has 0 aromatic heterocycles. The molecule has 0 amide bonds. The molecule has 0 aliphatic carbocycles. The third kappa shape index (κ3) is 4.09. The number of sulfonamides is 1. The average Bonchev–Trinajstić information content (AvgIpc) is 2.38. The Labute approximate surface area is 117 Å². The maximum atomic E-state index is 12.4. The Morgan fingerprint density at radius 2 is 2.21 bits per heavy atom. The molecule has 106 valence electrons. The summed E-state index contributed by atoms with van der Waals surface area (Å²) in [5, 5.41) is 11.7. The summed E-state index contributed by atoms with van der Waals surface area (Å²) >= 11 is 5.79. The zero-order chi connectivity index (χ0) is 14.5. The second kappa shape index (κ2) is 6.74. The van der Waals surface area contributed by atoms with E-state index in [-0.39, 0.29) is 23.8 Å². The average molecular weight is 306 g/mol. The van der Waals surface area contributed by atoms with Crippen LogP contribution in [0.1, 0.15) is 13.3 Å². The molecule has 3 N–H and O–H groups in total. The monoisotopic (exact) mass is 305 g/mol. The molecule has 0 saturated heterocycles. The summed E-state index contributed by atoms with van der Waals surface area (Å²) in [5.74, 6) is -0.168. The Balaban J connectivity index is 3.12. The number of halogens is 1. The van der Waals surface area contributed by atoms with Crippen molar-refractivity contribution >= 4 is 27.5 Å². The molecule has 0 unspecified atom stereocenters. The van der Waals surface area contributed by atoms with E-state index >= 15 is 0 Å². The van der Waals surface area contributed by atoms with Crippen LogP contribution in [0.15, 0.2) is 34.3 Å². The van der Waals surface area contributed by atoms with Gasteiger partial charge in [-0.05, 0) is 24.6 Å². The molecule has 0 heterocycles. The molecule has 0 bridgehead atoms. The normalized spacial score (nSPS) is 12.9. The molecule has 1 aromatic carbocycles. The number of nitrogens with two attached hydrogens (primary N) is 1. The van der Waals surface area contributed by atoms with Crippen molar-refractivity contribution < 1.29 is 13.6 Å². The molecule has 1 rings (SSSR count). The van der Waals surface area contributed by atoms with Crippen LogP contribution in [0.5, 0.6) is 0 Å². The molecule has 8 heteroatoms. The summed E-state index contributed by atoms with van der Waals surface area (Å²) in [7, 11) is -3.71. The Morgan fingerprint density at radius 1 is 1.53 bits per heavy atom. The zero-order valence-corrected chi connectivity index (χ0v) is 12.0. The van der Waals surface area contributed by atoms with E-state index in [2.05, 4.69) is 5.16 Å². The number of benzene rings is 1. The molecule has 0 aliphatic heterocycles. The highest BCUT2D eigenvalue weighted by atomic mass is 35.5. The molecule has 0 aliphatic rings. The third-order valence-electron chi connectivity index (χ3n) is 2.37. The smallest absolute Gasteiger partial charge is 0.243 e. The summed E-state index contributed by atoms with van der Waals surface area (Å²) in [6, 6.07) is 5.97. The van der Waals surface area contributed by atoms with Crippen LogP contribution in [-0.2, 0) is 10.0 Å². The van der Waals surface area contributed by atoms with Crippen LogP contribution in [0.2, 0.25) is 5.02 Å². The van der Waals surface area contributed by atoms with Gasteiger partial charge in [-0.2, -0.15) is 4.31 Å². The number of amidine groups is 1. The second-order valence-corrected chi connectivity index (χ2v) is 6.26. The van der Waals surface area contributed by atoms with Gasteiger partial charge in [-0.1, -0.05) is 29.7 Å². The minimum absolute atomic E-state index is 0.0826. The SMILES string of the molecule is CCCN(CC(N)=NO)S(=O)(=O)c1cccc(Cl)c1. The summed E-state index contributed by atoms with van der Waals surface area (Å²) in [4.78, 5) is 0.0826. The number of rotatable bonds is 6. The van der Waals surface area contributed by atoms with Gasteiger partial charge in [0.2, 0.25) is 10.0 Å². The van der Waals surface area contributed by atoms with Gasteiger partial charge in [-0.3, -0.25) is 0 Å². The summed E-state index contributed by atoms with van der Waals surface area (Å²) in [6.45, 7) is 1.94. The van der Waals surface area contributed by atoms with Crippen molar-refractivity contribution in [3.63, 3.8) is 0 Å². The molecule has 0 saturated carbocycles. The van der Waals surface area contributed by atoms with Crippen LogP contribution >= 0.6 is 11.6 Å². The van der Waals surface area contributed by atoms with E-state index in [1.54, 1.807) is 12.1 Å². The van der Waals surface area contributed by atoms with E-state index in [1.807, 2.05) is 6.92 Å². The lowest BCUT2D eigenvalue weighted by molar-refractivity contribution is 0.314. The summed E-state index contributed by atoms with van der Waals surface area (Å²) in [5.41, 5.74) is 5.38. The van der Waals surface area contributed by atoms with Gasteiger partial charge in [-0.25, -0.2) is 8.42 Å². The molecular weight excluding hydrogens is 290 g/mol. The highest BCUT2D eigenvalue weighted by Crippen LogP contribution is 2.19. The number of oxime groups is 1. The van der Waals surface area contributed by atoms with Gasteiger partial charge in [0.05, 0.1) is 11.4 Å².